The number of amides is 2. The van der Waals surface area contributed by atoms with Crippen LogP contribution in [0.1, 0.15) is 59.3 Å². The Hall–Kier alpha value is -2.62. The van der Waals surface area contributed by atoms with E-state index in [0.29, 0.717) is 44.6 Å². The van der Waals surface area contributed by atoms with Crippen molar-refractivity contribution in [2.75, 3.05) is 13.1 Å². The molecule has 0 saturated carbocycles. The van der Waals surface area contributed by atoms with Crippen molar-refractivity contribution in [3.05, 3.63) is 12.2 Å². The molecule has 0 aromatic carbocycles. The van der Waals surface area contributed by atoms with E-state index in [1.807, 2.05) is 20.8 Å². The zero-order valence-electron chi connectivity index (χ0n) is 18.6. The summed E-state index contributed by atoms with van der Waals surface area (Å²) in [5.41, 5.74) is 22.2. The Morgan fingerprint density at radius 1 is 0.967 bits per heavy atom. The van der Waals surface area contributed by atoms with Gasteiger partial charge in [-0.1, -0.05) is 19.4 Å². The summed E-state index contributed by atoms with van der Waals surface area (Å²) in [7, 11) is 0. The second kappa shape index (κ2) is 16.2. The molecule has 0 saturated heterocycles. The van der Waals surface area contributed by atoms with Crippen LogP contribution >= 0.6 is 0 Å². The monoisotopic (exact) mass is 424 g/mol. The first-order chi connectivity index (χ1) is 14.2. The van der Waals surface area contributed by atoms with Crippen molar-refractivity contribution in [3.63, 3.8) is 0 Å². The topological polar surface area (TPSA) is 187 Å². The summed E-state index contributed by atoms with van der Waals surface area (Å²) in [6.07, 6.45) is 7.34. The molecule has 172 valence electrons. The molecule has 0 aliphatic rings. The number of nitrogens with one attached hydrogen (secondary N) is 2. The van der Waals surface area contributed by atoms with E-state index >= 15 is 0 Å². The molecule has 0 aromatic rings. The van der Waals surface area contributed by atoms with Crippen molar-refractivity contribution in [1.82, 2.24) is 10.6 Å². The molecule has 0 spiro atoms. The van der Waals surface area contributed by atoms with Crippen molar-refractivity contribution in [2.24, 2.45) is 32.9 Å². The lowest BCUT2D eigenvalue weighted by atomic mass is 10.1. The average Bonchev–Trinajstić information content (AvgIpc) is 2.67. The standard InChI is InChI=1S/C20H40N8O2/c1-4-8-15(21)18(29)28-16(11-7-12-25-17(22)9-5-2)19(30)27-14(3)10-6-13-26-20(23)24/h5,9,14-16H,4,6-8,10-13,21H2,1-3H3,(H2,22,25)(H,27,30)(H,28,29)(H4,23,24,26)/b9-5-. The maximum atomic E-state index is 12.7. The number of allylic oxidation sites excluding steroid dienone is 1. The Morgan fingerprint density at radius 3 is 2.20 bits per heavy atom. The Morgan fingerprint density at radius 2 is 1.60 bits per heavy atom. The van der Waals surface area contributed by atoms with Gasteiger partial charge in [0.2, 0.25) is 11.8 Å². The van der Waals surface area contributed by atoms with Crippen LogP contribution in [0.2, 0.25) is 0 Å². The smallest absolute Gasteiger partial charge is 0.242 e. The quantitative estimate of drug-likeness (QED) is 0.121. The largest absolute Gasteiger partial charge is 0.384 e. The molecule has 0 aliphatic heterocycles. The maximum absolute atomic E-state index is 12.7. The van der Waals surface area contributed by atoms with Gasteiger partial charge < -0.3 is 33.6 Å². The van der Waals surface area contributed by atoms with Crippen LogP contribution in [0.3, 0.4) is 0 Å². The van der Waals surface area contributed by atoms with Crippen LogP contribution in [-0.4, -0.2) is 54.8 Å². The van der Waals surface area contributed by atoms with E-state index in [4.69, 9.17) is 22.9 Å². The normalized spacial score (nSPS) is 14.7. The summed E-state index contributed by atoms with van der Waals surface area (Å²) in [4.78, 5) is 33.2. The average molecular weight is 425 g/mol. The third kappa shape index (κ3) is 13.5. The van der Waals surface area contributed by atoms with Crippen LogP contribution in [-0.2, 0) is 9.59 Å². The number of carbonyl (C=O) groups is 2. The van der Waals surface area contributed by atoms with E-state index in [1.54, 1.807) is 12.2 Å². The number of hydrogen-bond acceptors (Lipinski definition) is 5. The Balaban J connectivity index is 4.82. The molecule has 10 heteroatoms. The molecule has 0 fully saturated rings. The third-order valence-electron chi connectivity index (χ3n) is 4.33. The van der Waals surface area contributed by atoms with Gasteiger partial charge in [0.15, 0.2) is 5.96 Å². The van der Waals surface area contributed by atoms with Crippen LogP contribution in [0.15, 0.2) is 22.1 Å². The number of amidine groups is 1. The van der Waals surface area contributed by atoms with Crippen molar-refractivity contribution in [3.8, 4) is 0 Å². The lowest BCUT2D eigenvalue weighted by molar-refractivity contribution is -0.130. The van der Waals surface area contributed by atoms with Crippen LogP contribution in [0.4, 0.5) is 0 Å². The fraction of sp³-hybridized carbons (Fsp3) is 0.700. The summed E-state index contributed by atoms with van der Waals surface area (Å²) in [6, 6.07) is -1.40. The predicted octanol–water partition coefficient (Wildman–Crippen LogP) is -0.130. The van der Waals surface area contributed by atoms with Gasteiger partial charge in [-0.25, -0.2) is 0 Å². The second-order valence-corrected chi connectivity index (χ2v) is 7.26. The van der Waals surface area contributed by atoms with Crippen LogP contribution < -0.4 is 33.6 Å². The molecule has 0 rings (SSSR count). The molecule has 30 heavy (non-hydrogen) atoms. The minimum atomic E-state index is -0.682. The SMILES string of the molecule is C/C=C\C(N)=NCCCC(NC(=O)C(N)CCC)C(=O)NC(C)CCCN=C(N)N. The Labute approximate surface area is 180 Å². The molecule has 0 radical (unpaired) electrons. The highest BCUT2D eigenvalue weighted by Crippen LogP contribution is 2.04. The summed E-state index contributed by atoms with van der Waals surface area (Å²) in [6.45, 7) is 6.67. The third-order valence-corrected chi connectivity index (χ3v) is 4.33. The fourth-order valence-corrected chi connectivity index (χ4v) is 2.74. The Bertz CT molecular complexity index is 600. The van der Waals surface area contributed by atoms with E-state index in [9.17, 15) is 9.59 Å². The van der Waals surface area contributed by atoms with Crippen molar-refractivity contribution >= 4 is 23.6 Å². The van der Waals surface area contributed by atoms with Crippen LogP contribution in [0.25, 0.3) is 0 Å². The van der Waals surface area contributed by atoms with Gasteiger partial charge in [-0.05, 0) is 52.0 Å². The molecule has 0 bridgehead atoms. The van der Waals surface area contributed by atoms with Gasteiger partial charge in [-0.3, -0.25) is 19.6 Å². The van der Waals surface area contributed by atoms with E-state index in [0.717, 1.165) is 12.8 Å². The van der Waals surface area contributed by atoms with E-state index in [2.05, 4.69) is 20.6 Å². The lowest BCUT2D eigenvalue weighted by Gasteiger charge is -2.22. The van der Waals surface area contributed by atoms with E-state index < -0.39 is 12.1 Å². The summed E-state index contributed by atoms with van der Waals surface area (Å²) in [5.74, 6) is -0.0846. The molecule has 3 unspecified atom stereocenters. The number of nitrogens with two attached hydrogens (primary N) is 4. The van der Waals surface area contributed by atoms with Gasteiger partial charge in [0, 0.05) is 19.1 Å². The molecular weight excluding hydrogens is 384 g/mol. The number of carbonyl (C=O) groups excluding carboxylic acids is 2. The minimum Gasteiger partial charge on any atom is -0.384 e. The number of hydrogen-bond donors (Lipinski definition) is 6. The first kappa shape index (κ1) is 27.4. The van der Waals surface area contributed by atoms with Gasteiger partial charge in [0.25, 0.3) is 0 Å². The number of aliphatic imine (C=N–C) groups is 2. The zero-order chi connectivity index (χ0) is 22.9. The first-order valence-corrected chi connectivity index (χ1v) is 10.6. The van der Waals surface area contributed by atoms with Crippen molar-refractivity contribution < 1.29 is 9.59 Å². The number of guanidine groups is 1. The van der Waals surface area contributed by atoms with E-state index in [-0.39, 0.29) is 23.8 Å². The van der Waals surface area contributed by atoms with Gasteiger partial charge in [-0.15, -0.1) is 0 Å². The highest BCUT2D eigenvalue weighted by Gasteiger charge is 2.24. The van der Waals surface area contributed by atoms with Crippen LogP contribution in [0, 0.1) is 0 Å². The predicted molar refractivity (Wildman–Crippen MR) is 123 cm³/mol. The Kier molecular flexibility index (Phi) is 14.8. The van der Waals surface area contributed by atoms with Gasteiger partial charge >= 0.3 is 0 Å². The van der Waals surface area contributed by atoms with Crippen molar-refractivity contribution in [2.45, 2.75) is 77.4 Å². The van der Waals surface area contributed by atoms with Crippen LogP contribution in [0.5, 0.6) is 0 Å². The lowest BCUT2D eigenvalue weighted by Crippen LogP contribution is -2.53. The van der Waals surface area contributed by atoms with E-state index in [1.165, 1.54) is 0 Å². The molecular formula is C20H40N8O2. The summed E-state index contributed by atoms with van der Waals surface area (Å²) in [5, 5.41) is 5.71. The molecule has 3 atom stereocenters. The molecule has 0 aromatic heterocycles. The van der Waals surface area contributed by atoms with Gasteiger partial charge in [-0.2, -0.15) is 0 Å². The highest BCUT2D eigenvalue weighted by atomic mass is 16.2. The number of rotatable bonds is 15. The second-order valence-electron chi connectivity index (χ2n) is 7.26. The molecule has 0 heterocycles. The summed E-state index contributed by atoms with van der Waals surface area (Å²) < 4.78 is 0. The molecule has 0 aliphatic carbocycles. The van der Waals surface area contributed by atoms with Crippen molar-refractivity contribution in [1.29, 1.82) is 0 Å². The highest BCUT2D eigenvalue weighted by molar-refractivity contribution is 5.91. The molecule has 2 amide bonds. The minimum absolute atomic E-state index is 0.0515. The number of nitrogens with zero attached hydrogens (tertiary/aromatic N) is 2. The van der Waals surface area contributed by atoms with Gasteiger partial charge in [0.1, 0.15) is 11.9 Å². The zero-order valence-corrected chi connectivity index (χ0v) is 18.6. The molecule has 10 nitrogen and oxygen atoms in total. The fourth-order valence-electron chi connectivity index (χ4n) is 2.74. The van der Waals surface area contributed by atoms with Gasteiger partial charge in [0.05, 0.1) is 6.04 Å². The maximum Gasteiger partial charge on any atom is 0.242 e. The summed E-state index contributed by atoms with van der Waals surface area (Å²) >= 11 is 0. The molecule has 10 N–H and O–H groups in total. The first-order valence-electron chi connectivity index (χ1n) is 10.6.